The van der Waals surface area contributed by atoms with E-state index in [0.717, 1.165) is 25.0 Å². The molecule has 112 valence electrons. The predicted molar refractivity (Wildman–Crippen MR) is 82.1 cm³/mol. The molecular formula is C15H23ClN2O2. The van der Waals surface area contributed by atoms with Crippen LogP contribution in [0.25, 0.3) is 0 Å². The molecule has 1 aromatic carbocycles. The van der Waals surface area contributed by atoms with Crippen LogP contribution in [0.5, 0.6) is 0 Å². The number of nitrogens with two attached hydrogens (primary N) is 1. The molecule has 0 radical (unpaired) electrons. The topological polar surface area (TPSA) is 64.4 Å². The van der Waals surface area contributed by atoms with Crippen LogP contribution in [0.2, 0.25) is 0 Å². The van der Waals surface area contributed by atoms with Crippen LogP contribution in [0, 0.1) is 0 Å². The van der Waals surface area contributed by atoms with Gasteiger partial charge in [0.15, 0.2) is 0 Å². The molecular weight excluding hydrogens is 276 g/mol. The van der Waals surface area contributed by atoms with E-state index in [9.17, 15) is 4.79 Å². The number of hydrogen-bond acceptors (Lipinski definition) is 3. The maximum atomic E-state index is 12.2. The fourth-order valence-corrected chi connectivity index (χ4v) is 2.39. The summed E-state index contributed by atoms with van der Waals surface area (Å²) in [5.74, 6) is -0.285. The zero-order valence-corrected chi connectivity index (χ0v) is 12.4. The summed E-state index contributed by atoms with van der Waals surface area (Å²) in [7, 11) is 0. The van der Waals surface area contributed by atoms with Crippen molar-refractivity contribution in [3.8, 4) is 0 Å². The molecule has 0 spiro atoms. The van der Waals surface area contributed by atoms with E-state index in [1.165, 1.54) is 6.42 Å². The number of carbonyl (C=O) groups excluding carboxylic acids is 1. The van der Waals surface area contributed by atoms with Crippen molar-refractivity contribution >= 4 is 18.3 Å². The highest BCUT2D eigenvalue weighted by atomic mass is 35.5. The zero-order chi connectivity index (χ0) is 13.5. The highest BCUT2D eigenvalue weighted by Crippen LogP contribution is 2.15. The first kappa shape index (κ1) is 17.0. The first-order chi connectivity index (χ1) is 9.31. The normalized spacial score (nSPS) is 19.8. The van der Waals surface area contributed by atoms with Crippen LogP contribution in [-0.4, -0.2) is 31.7 Å². The third kappa shape index (κ3) is 4.78. The maximum Gasteiger partial charge on any atom is 0.228 e. The smallest absolute Gasteiger partial charge is 0.228 e. The summed E-state index contributed by atoms with van der Waals surface area (Å²) in [6.45, 7) is 1.71. The predicted octanol–water partition coefficient (Wildman–Crippen LogP) is 1.84. The number of amides is 1. The summed E-state index contributed by atoms with van der Waals surface area (Å²) in [6, 6.07) is 9.67. The van der Waals surface area contributed by atoms with Crippen molar-refractivity contribution in [3.05, 3.63) is 35.9 Å². The van der Waals surface area contributed by atoms with Gasteiger partial charge >= 0.3 is 0 Å². The van der Waals surface area contributed by atoms with Crippen molar-refractivity contribution in [1.29, 1.82) is 0 Å². The molecule has 2 rings (SSSR count). The molecule has 1 saturated heterocycles. The van der Waals surface area contributed by atoms with E-state index in [2.05, 4.69) is 5.32 Å². The Morgan fingerprint density at radius 1 is 1.35 bits per heavy atom. The first-order valence-corrected chi connectivity index (χ1v) is 6.95. The van der Waals surface area contributed by atoms with Crippen LogP contribution in [-0.2, 0) is 9.53 Å². The van der Waals surface area contributed by atoms with Gasteiger partial charge in [-0.1, -0.05) is 30.3 Å². The first-order valence-electron chi connectivity index (χ1n) is 6.95. The van der Waals surface area contributed by atoms with Gasteiger partial charge in [0.05, 0.1) is 12.0 Å². The van der Waals surface area contributed by atoms with Gasteiger partial charge in [-0.15, -0.1) is 12.4 Å². The quantitative estimate of drug-likeness (QED) is 0.872. The largest absolute Gasteiger partial charge is 0.376 e. The summed E-state index contributed by atoms with van der Waals surface area (Å²) in [5.41, 5.74) is 6.69. The Morgan fingerprint density at radius 2 is 2.10 bits per heavy atom. The van der Waals surface area contributed by atoms with Gasteiger partial charge in [0, 0.05) is 19.7 Å². The minimum atomic E-state index is -0.273. The average molecular weight is 299 g/mol. The van der Waals surface area contributed by atoms with Gasteiger partial charge in [-0.3, -0.25) is 4.79 Å². The lowest BCUT2D eigenvalue weighted by Crippen LogP contribution is -2.39. The molecule has 2 unspecified atom stereocenters. The molecule has 20 heavy (non-hydrogen) atoms. The monoisotopic (exact) mass is 298 g/mol. The zero-order valence-electron chi connectivity index (χ0n) is 11.6. The Morgan fingerprint density at radius 3 is 2.70 bits per heavy atom. The van der Waals surface area contributed by atoms with Gasteiger partial charge in [-0.25, -0.2) is 0 Å². The summed E-state index contributed by atoms with van der Waals surface area (Å²) >= 11 is 0. The number of benzene rings is 1. The summed E-state index contributed by atoms with van der Waals surface area (Å²) < 4.78 is 5.60. The number of hydrogen-bond donors (Lipinski definition) is 2. The Hall–Kier alpha value is -1.10. The minimum absolute atomic E-state index is 0. The van der Waals surface area contributed by atoms with Gasteiger partial charge in [0.25, 0.3) is 0 Å². The van der Waals surface area contributed by atoms with Crippen LogP contribution < -0.4 is 11.1 Å². The lowest BCUT2D eigenvalue weighted by Gasteiger charge is -2.24. The standard InChI is InChI=1S/C15H22N2O2.ClH/c16-10-14(12-6-2-1-3-7-12)15(18)17-11-13-8-4-5-9-19-13;/h1-3,6-7,13-14H,4-5,8-11,16H2,(H,17,18);1H. The van der Waals surface area contributed by atoms with E-state index >= 15 is 0 Å². The third-order valence-corrected chi connectivity index (χ3v) is 3.53. The average Bonchev–Trinajstić information content (AvgIpc) is 2.48. The van der Waals surface area contributed by atoms with E-state index in [-0.39, 0.29) is 30.3 Å². The number of ether oxygens (including phenoxy) is 1. The van der Waals surface area contributed by atoms with Crippen LogP contribution in [0.1, 0.15) is 30.7 Å². The second-order valence-electron chi connectivity index (χ2n) is 4.93. The molecule has 3 N–H and O–H groups in total. The van der Waals surface area contributed by atoms with E-state index in [4.69, 9.17) is 10.5 Å². The fourth-order valence-electron chi connectivity index (χ4n) is 2.39. The lowest BCUT2D eigenvalue weighted by molar-refractivity contribution is -0.123. The van der Waals surface area contributed by atoms with E-state index < -0.39 is 0 Å². The second kappa shape index (κ2) is 8.95. The van der Waals surface area contributed by atoms with E-state index in [0.29, 0.717) is 13.1 Å². The number of carbonyl (C=O) groups is 1. The van der Waals surface area contributed by atoms with Crippen molar-refractivity contribution in [2.75, 3.05) is 19.7 Å². The SMILES string of the molecule is Cl.NCC(C(=O)NCC1CCCCO1)c1ccccc1. The summed E-state index contributed by atoms with van der Waals surface area (Å²) in [4.78, 5) is 12.2. The highest BCUT2D eigenvalue weighted by molar-refractivity contribution is 5.85. The van der Waals surface area contributed by atoms with Crippen LogP contribution >= 0.6 is 12.4 Å². The van der Waals surface area contributed by atoms with Crippen molar-refractivity contribution in [3.63, 3.8) is 0 Å². The molecule has 5 heteroatoms. The Kier molecular flexibility index (Phi) is 7.59. The van der Waals surface area contributed by atoms with Gasteiger partial charge in [-0.2, -0.15) is 0 Å². The van der Waals surface area contributed by atoms with Crippen LogP contribution in [0.4, 0.5) is 0 Å². The van der Waals surface area contributed by atoms with E-state index in [1.54, 1.807) is 0 Å². The molecule has 0 bridgehead atoms. The molecule has 2 atom stereocenters. The molecule has 1 aromatic rings. The lowest BCUT2D eigenvalue weighted by atomic mass is 9.98. The molecule has 1 aliphatic heterocycles. The van der Waals surface area contributed by atoms with Gasteiger partial charge in [0.1, 0.15) is 0 Å². The second-order valence-corrected chi connectivity index (χ2v) is 4.93. The maximum absolute atomic E-state index is 12.2. The molecule has 1 aliphatic rings. The van der Waals surface area contributed by atoms with Gasteiger partial charge < -0.3 is 15.8 Å². The van der Waals surface area contributed by atoms with Crippen LogP contribution in [0.3, 0.4) is 0 Å². The minimum Gasteiger partial charge on any atom is -0.376 e. The van der Waals surface area contributed by atoms with Gasteiger partial charge in [-0.05, 0) is 24.8 Å². The van der Waals surface area contributed by atoms with Crippen LogP contribution in [0.15, 0.2) is 30.3 Å². The van der Waals surface area contributed by atoms with Gasteiger partial charge in [0.2, 0.25) is 5.91 Å². The van der Waals surface area contributed by atoms with E-state index in [1.807, 2.05) is 30.3 Å². The molecule has 1 heterocycles. The van der Waals surface area contributed by atoms with Crippen molar-refractivity contribution in [1.82, 2.24) is 5.32 Å². The molecule has 1 fully saturated rings. The summed E-state index contributed by atoms with van der Waals surface area (Å²) in [6.07, 6.45) is 3.49. The number of nitrogens with one attached hydrogen (secondary N) is 1. The fraction of sp³-hybridized carbons (Fsp3) is 0.533. The van der Waals surface area contributed by atoms with Crippen molar-refractivity contribution < 1.29 is 9.53 Å². The molecule has 1 amide bonds. The Balaban J connectivity index is 0.00000200. The molecule has 0 saturated carbocycles. The number of halogens is 1. The Labute approximate surface area is 126 Å². The Bertz CT molecular complexity index is 394. The van der Waals surface area contributed by atoms with Crippen molar-refractivity contribution in [2.45, 2.75) is 31.3 Å². The van der Waals surface area contributed by atoms with Crippen molar-refractivity contribution in [2.24, 2.45) is 5.73 Å². The third-order valence-electron chi connectivity index (χ3n) is 3.53. The highest BCUT2D eigenvalue weighted by Gasteiger charge is 2.20. The summed E-state index contributed by atoms with van der Waals surface area (Å²) in [5, 5.41) is 2.96. The molecule has 4 nitrogen and oxygen atoms in total. The molecule has 0 aliphatic carbocycles. The number of rotatable bonds is 5. The molecule has 0 aromatic heterocycles.